The molecule has 116 valence electrons. The molecule has 0 radical (unpaired) electrons. The fourth-order valence-electron chi connectivity index (χ4n) is 2.84. The summed E-state index contributed by atoms with van der Waals surface area (Å²) in [7, 11) is 0. The van der Waals surface area contributed by atoms with Gasteiger partial charge in [-0.2, -0.15) is 13.2 Å². The molecule has 0 aromatic heterocycles. The first-order chi connectivity index (χ1) is 9.91. The molecule has 0 saturated carbocycles. The Labute approximate surface area is 122 Å². The first-order valence-corrected chi connectivity index (χ1v) is 7.32. The molecule has 2 rings (SSSR count). The van der Waals surface area contributed by atoms with E-state index in [-0.39, 0.29) is 17.6 Å². The summed E-state index contributed by atoms with van der Waals surface area (Å²) >= 11 is 0. The number of benzene rings is 1. The van der Waals surface area contributed by atoms with Gasteiger partial charge in [0.15, 0.2) is 0 Å². The number of hydrogen-bond donors (Lipinski definition) is 1. The Morgan fingerprint density at radius 1 is 1.24 bits per heavy atom. The van der Waals surface area contributed by atoms with Gasteiger partial charge in [-0.25, -0.2) is 0 Å². The van der Waals surface area contributed by atoms with Crippen LogP contribution in [0.3, 0.4) is 0 Å². The maximum atomic E-state index is 12.6. The second kappa shape index (κ2) is 6.60. The molecule has 1 aliphatic rings. The van der Waals surface area contributed by atoms with Crippen molar-refractivity contribution in [2.75, 3.05) is 13.1 Å². The van der Waals surface area contributed by atoms with Crippen LogP contribution in [0, 0.1) is 5.92 Å². The van der Waals surface area contributed by atoms with Gasteiger partial charge in [0, 0.05) is 25.4 Å². The standard InChI is InChI=1S/C16H20F3NO/c1-2-3-15(21)13-8-12(9-20-10-13)11-4-6-14(7-5-11)16(17,18)19/h4-7,12-13,20H,2-3,8-10H2,1H3. The summed E-state index contributed by atoms with van der Waals surface area (Å²) in [6.07, 6.45) is -2.17. The zero-order chi connectivity index (χ0) is 15.5. The lowest BCUT2D eigenvalue weighted by Crippen LogP contribution is -2.38. The van der Waals surface area contributed by atoms with Crippen LogP contribution in [0.15, 0.2) is 24.3 Å². The lowest BCUT2D eigenvalue weighted by Gasteiger charge is -2.29. The molecule has 0 spiro atoms. The maximum absolute atomic E-state index is 12.6. The molecule has 1 N–H and O–H groups in total. The first-order valence-electron chi connectivity index (χ1n) is 7.32. The SMILES string of the molecule is CCCC(=O)C1CNCC(c2ccc(C(F)(F)F)cc2)C1. The molecule has 0 amide bonds. The maximum Gasteiger partial charge on any atom is 0.416 e. The van der Waals surface area contributed by atoms with Gasteiger partial charge < -0.3 is 5.32 Å². The fraction of sp³-hybridized carbons (Fsp3) is 0.562. The van der Waals surface area contributed by atoms with Crippen LogP contribution in [-0.2, 0) is 11.0 Å². The van der Waals surface area contributed by atoms with Gasteiger partial charge in [-0.3, -0.25) is 4.79 Å². The van der Waals surface area contributed by atoms with Gasteiger partial charge in [0.2, 0.25) is 0 Å². The highest BCUT2D eigenvalue weighted by atomic mass is 19.4. The van der Waals surface area contributed by atoms with Crippen molar-refractivity contribution < 1.29 is 18.0 Å². The third-order valence-electron chi connectivity index (χ3n) is 4.01. The molecule has 1 aliphatic heterocycles. The molecular weight excluding hydrogens is 279 g/mol. The summed E-state index contributed by atoms with van der Waals surface area (Å²) < 4.78 is 37.7. The summed E-state index contributed by atoms with van der Waals surface area (Å²) in [6.45, 7) is 3.36. The van der Waals surface area contributed by atoms with Crippen LogP contribution in [-0.4, -0.2) is 18.9 Å². The Balaban J connectivity index is 2.06. The molecule has 21 heavy (non-hydrogen) atoms. The number of halogens is 3. The van der Waals surface area contributed by atoms with Gasteiger partial charge in [0.05, 0.1) is 5.56 Å². The summed E-state index contributed by atoms with van der Waals surface area (Å²) in [4.78, 5) is 12.0. The zero-order valence-electron chi connectivity index (χ0n) is 12.0. The van der Waals surface area contributed by atoms with Crippen molar-refractivity contribution in [3.63, 3.8) is 0 Å². The van der Waals surface area contributed by atoms with Crippen LogP contribution >= 0.6 is 0 Å². The van der Waals surface area contributed by atoms with Gasteiger partial charge in [-0.15, -0.1) is 0 Å². The number of piperidine rings is 1. The molecule has 2 atom stereocenters. The number of hydrogen-bond acceptors (Lipinski definition) is 2. The predicted molar refractivity (Wildman–Crippen MR) is 75.1 cm³/mol. The average Bonchev–Trinajstić information content (AvgIpc) is 2.47. The van der Waals surface area contributed by atoms with Crippen LogP contribution < -0.4 is 5.32 Å². The normalized spacial score (nSPS) is 23.0. The second-order valence-electron chi connectivity index (χ2n) is 5.62. The Morgan fingerprint density at radius 3 is 2.48 bits per heavy atom. The van der Waals surface area contributed by atoms with Gasteiger partial charge in [-0.1, -0.05) is 19.1 Å². The molecule has 1 fully saturated rings. The lowest BCUT2D eigenvalue weighted by atomic mass is 9.82. The minimum atomic E-state index is -4.30. The topological polar surface area (TPSA) is 29.1 Å². The fourth-order valence-corrected chi connectivity index (χ4v) is 2.84. The summed E-state index contributed by atoms with van der Waals surface area (Å²) in [5.74, 6) is 0.333. The molecule has 1 heterocycles. The number of carbonyl (C=O) groups is 1. The highest BCUT2D eigenvalue weighted by Crippen LogP contribution is 2.32. The predicted octanol–water partition coefficient (Wildman–Crippen LogP) is 3.77. The molecule has 1 aromatic rings. The Kier molecular flexibility index (Phi) is 5.04. The summed E-state index contributed by atoms with van der Waals surface area (Å²) in [6, 6.07) is 5.29. The highest BCUT2D eigenvalue weighted by molar-refractivity contribution is 5.81. The van der Waals surface area contributed by atoms with E-state index in [1.165, 1.54) is 12.1 Å². The highest BCUT2D eigenvalue weighted by Gasteiger charge is 2.31. The molecule has 5 heteroatoms. The second-order valence-corrected chi connectivity index (χ2v) is 5.62. The van der Waals surface area contributed by atoms with Crippen molar-refractivity contribution >= 4 is 5.78 Å². The van der Waals surface area contributed by atoms with Crippen LogP contribution in [0.5, 0.6) is 0 Å². The third kappa shape index (κ3) is 4.06. The monoisotopic (exact) mass is 299 g/mol. The Hall–Kier alpha value is -1.36. The van der Waals surface area contributed by atoms with Gasteiger partial charge >= 0.3 is 6.18 Å². The Morgan fingerprint density at radius 2 is 1.90 bits per heavy atom. The number of rotatable bonds is 4. The van der Waals surface area contributed by atoms with E-state index in [1.54, 1.807) is 0 Å². The number of alkyl halides is 3. The van der Waals surface area contributed by atoms with Crippen molar-refractivity contribution in [1.82, 2.24) is 5.32 Å². The van der Waals surface area contributed by atoms with Gasteiger partial charge in [-0.05, 0) is 36.5 Å². The smallest absolute Gasteiger partial charge is 0.315 e. The van der Waals surface area contributed by atoms with Crippen LogP contribution in [0.4, 0.5) is 13.2 Å². The van der Waals surface area contributed by atoms with E-state index in [0.29, 0.717) is 19.5 Å². The quantitative estimate of drug-likeness (QED) is 0.917. The molecule has 1 aromatic carbocycles. The number of nitrogens with one attached hydrogen (secondary N) is 1. The number of Topliss-reactive ketones (excluding diaryl/α,β-unsaturated/α-hetero) is 1. The molecule has 0 bridgehead atoms. The van der Waals surface area contributed by atoms with Crippen LogP contribution in [0.2, 0.25) is 0 Å². The molecular formula is C16H20F3NO. The Bertz CT molecular complexity index is 481. The molecule has 2 nitrogen and oxygen atoms in total. The summed E-state index contributed by atoms with van der Waals surface area (Å²) in [5.41, 5.74) is 0.234. The van der Waals surface area contributed by atoms with E-state index in [1.807, 2.05) is 6.92 Å². The summed E-state index contributed by atoms with van der Waals surface area (Å²) in [5, 5.41) is 3.22. The van der Waals surface area contributed by atoms with Crippen molar-refractivity contribution in [1.29, 1.82) is 0 Å². The first kappa shape index (κ1) is 16.0. The third-order valence-corrected chi connectivity index (χ3v) is 4.01. The van der Waals surface area contributed by atoms with Crippen molar-refractivity contribution in [2.45, 2.75) is 38.3 Å². The van der Waals surface area contributed by atoms with Crippen LogP contribution in [0.1, 0.15) is 43.2 Å². The minimum Gasteiger partial charge on any atom is -0.315 e. The van der Waals surface area contributed by atoms with Crippen molar-refractivity contribution in [3.05, 3.63) is 35.4 Å². The number of carbonyl (C=O) groups excluding carboxylic acids is 1. The van der Waals surface area contributed by atoms with Crippen molar-refractivity contribution in [2.24, 2.45) is 5.92 Å². The van der Waals surface area contributed by atoms with Gasteiger partial charge in [0.1, 0.15) is 5.78 Å². The largest absolute Gasteiger partial charge is 0.416 e. The molecule has 1 saturated heterocycles. The molecule has 0 aliphatic carbocycles. The lowest BCUT2D eigenvalue weighted by molar-refractivity contribution is -0.137. The van der Waals surface area contributed by atoms with E-state index in [9.17, 15) is 18.0 Å². The molecule has 2 unspecified atom stereocenters. The van der Waals surface area contributed by atoms with Gasteiger partial charge in [0.25, 0.3) is 0 Å². The number of ketones is 1. The van der Waals surface area contributed by atoms with Crippen LogP contribution in [0.25, 0.3) is 0 Å². The van der Waals surface area contributed by atoms with E-state index < -0.39 is 11.7 Å². The van der Waals surface area contributed by atoms with Crippen molar-refractivity contribution in [3.8, 4) is 0 Å². The zero-order valence-corrected chi connectivity index (χ0v) is 12.0. The van der Waals surface area contributed by atoms with E-state index in [4.69, 9.17) is 0 Å². The average molecular weight is 299 g/mol. The van der Waals surface area contributed by atoms with E-state index in [0.717, 1.165) is 30.5 Å². The van der Waals surface area contributed by atoms with E-state index >= 15 is 0 Å². The van der Waals surface area contributed by atoms with E-state index in [2.05, 4.69) is 5.32 Å². The minimum absolute atomic E-state index is 0.0222.